The summed E-state index contributed by atoms with van der Waals surface area (Å²) < 4.78 is 1.98. The zero-order valence-corrected chi connectivity index (χ0v) is 17.6. The predicted octanol–water partition coefficient (Wildman–Crippen LogP) is 4.22. The molecule has 0 unspecified atom stereocenters. The molecule has 7 nitrogen and oxygen atoms in total. The number of imidazole rings is 1. The lowest BCUT2D eigenvalue weighted by Gasteiger charge is -2.23. The Bertz CT molecular complexity index is 1260. The normalized spacial score (nSPS) is 13.5. The molecule has 0 fully saturated rings. The van der Waals surface area contributed by atoms with Gasteiger partial charge in [0.15, 0.2) is 0 Å². The number of hydrogen-bond acceptors (Lipinski definition) is 5. The van der Waals surface area contributed by atoms with Gasteiger partial charge in [-0.05, 0) is 38.0 Å². The van der Waals surface area contributed by atoms with Crippen LogP contribution in [0.1, 0.15) is 44.9 Å². The molecular weight excluding hydrogens is 378 g/mol. The molecule has 4 aromatic heterocycles. The van der Waals surface area contributed by atoms with E-state index in [0.29, 0.717) is 17.9 Å². The van der Waals surface area contributed by atoms with E-state index >= 15 is 0 Å². The van der Waals surface area contributed by atoms with E-state index in [1.165, 1.54) is 6.92 Å². The largest absolute Gasteiger partial charge is 0.384 e. The predicted molar refractivity (Wildman–Crippen MR) is 117 cm³/mol. The molecule has 0 saturated carbocycles. The monoisotopic (exact) mass is 403 g/mol. The van der Waals surface area contributed by atoms with Crippen molar-refractivity contribution >= 4 is 28.3 Å². The van der Waals surface area contributed by atoms with Crippen LogP contribution in [0.2, 0.25) is 0 Å². The molecule has 7 heteroatoms. The highest BCUT2D eigenvalue weighted by atomic mass is 16.3. The topological polar surface area (TPSA) is 92.4 Å². The molecule has 2 N–H and O–H groups in total. The molecule has 30 heavy (non-hydrogen) atoms. The Morgan fingerprint density at radius 2 is 1.97 bits per heavy atom. The summed E-state index contributed by atoms with van der Waals surface area (Å²) in [5.74, 6) is 0.333. The summed E-state index contributed by atoms with van der Waals surface area (Å²) in [5, 5.41) is 14.4. The summed E-state index contributed by atoms with van der Waals surface area (Å²) in [5.41, 5.74) is 4.33. The van der Waals surface area contributed by atoms with Gasteiger partial charge in [0.2, 0.25) is 5.91 Å². The Hall–Kier alpha value is -3.32. The average molecular weight is 403 g/mol. The van der Waals surface area contributed by atoms with Crippen molar-refractivity contribution in [1.29, 1.82) is 0 Å². The number of hydrogen-bond donors (Lipinski definition) is 2. The van der Waals surface area contributed by atoms with Crippen molar-refractivity contribution in [2.75, 3.05) is 5.32 Å². The first-order valence-electron chi connectivity index (χ1n) is 10.0. The van der Waals surface area contributed by atoms with Gasteiger partial charge in [0, 0.05) is 54.3 Å². The Morgan fingerprint density at radius 1 is 1.17 bits per heavy atom. The van der Waals surface area contributed by atoms with Crippen molar-refractivity contribution in [3.8, 4) is 11.1 Å². The lowest BCUT2D eigenvalue weighted by Crippen LogP contribution is -2.22. The minimum absolute atomic E-state index is 0.166. The number of fused-ring (bicyclic) bond motifs is 3. The molecule has 1 atom stereocenters. The molecular formula is C23H25N5O2. The third-order valence-electron chi connectivity index (χ3n) is 5.35. The number of carbonyl (C=O) groups is 1. The van der Waals surface area contributed by atoms with Crippen molar-refractivity contribution < 1.29 is 9.90 Å². The number of amides is 1. The summed E-state index contributed by atoms with van der Waals surface area (Å²) in [6.07, 6.45) is 8.72. The van der Waals surface area contributed by atoms with Crippen LogP contribution in [0.4, 0.5) is 5.82 Å². The van der Waals surface area contributed by atoms with Crippen LogP contribution in [0.3, 0.4) is 0 Å². The van der Waals surface area contributed by atoms with E-state index in [-0.39, 0.29) is 5.91 Å². The average Bonchev–Trinajstić information content (AvgIpc) is 3.17. The molecule has 0 bridgehead atoms. The van der Waals surface area contributed by atoms with Crippen molar-refractivity contribution in [2.45, 2.75) is 46.1 Å². The number of anilines is 1. The van der Waals surface area contributed by atoms with E-state index in [1.807, 2.05) is 48.8 Å². The van der Waals surface area contributed by atoms with E-state index < -0.39 is 5.60 Å². The summed E-state index contributed by atoms with van der Waals surface area (Å²) in [6, 6.07) is 5.83. The first-order chi connectivity index (χ1) is 14.3. The first-order valence-corrected chi connectivity index (χ1v) is 10.0. The summed E-state index contributed by atoms with van der Waals surface area (Å²) in [6.45, 7) is 7.33. The Kier molecular flexibility index (Phi) is 4.99. The molecule has 0 spiro atoms. The molecule has 1 amide bonds. The fourth-order valence-corrected chi connectivity index (χ4v) is 3.89. The zero-order chi connectivity index (χ0) is 21.5. The van der Waals surface area contributed by atoms with Crippen LogP contribution in [-0.4, -0.2) is 30.4 Å². The van der Waals surface area contributed by atoms with Gasteiger partial charge in [-0.15, -0.1) is 0 Å². The fraction of sp³-hybridized carbons (Fsp3) is 0.304. The Labute approximate surface area is 174 Å². The van der Waals surface area contributed by atoms with Gasteiger partial charge in [-0.3, -0.25) is 14.2 Å². The number of nitrogens with zero attached hydrogens (tertiary/aromatic N) is 4. The highest BCUT2D eigenvalue weighted by molar-refractivity contribution is 5.95. The van der Waals surface area contributed by atoms with Crippen molar-refractivity contribution in [3.05, 3.63) is 54.2 Å². The van der Waals surface area contributed by atoms with Crippen LogP contribution in [0, 0.1) is 6.92 Å². The number of aryl methyl sites for hydroxylation is 1. The third-order valence-corrected chi connectivity index (χ3v) is 5.35. The number of nitrogens with one attached hydrogen (secondary N) is 1. The van der Waals surface area contributed by atoms with E-state index in [1.54, 1.807) is 19.3 Å². The van der Waals surface area contributed by atoms with Crippen LogP contribution >= 0.6 is 0 Å². The zero-order valence-electron chi connectivity index (χ0n) is 17.6. The van der Waals surface area contributed by atoms with Crippen molar-refractivity contribution in [3.63, 3.8) is 0 Å². The first kappa shape index (κ1) is 20.0. The van der Waals surface area contributed by atoms with Crippen LogP contribution in [0.15, 0.2) is 43.0 Å². The van der Waals surface area contributed by atoms with Crippen LogP contribution in [-0.2, 0) is 10.4 Å². The molecule has 0 aromatic carbocycles. The lowest BCUT2D eigenvalue weighted by molar-refractivity contribution is -0.114. The van der Waals surface area contributed by atoms with Gasteiger partial charge >= 0.3 is 0 Å². The van der Waals surface area contributed by atoms with E-state index in [9.17, 15) is 9.90 Å². The van der Waals surface area contributed by atoms with Gasteiger partial charge in [-0.1, -0.05) is 13.3 Å². The number of carbonyl (C=O) groups excluding carboxylic acids is 1. The number of pyridine rings is 3. The molecule has 4 aromatic rings. The lowest BCUT2D eigenvalue weighted by atomic mass is 9.93. The minimum Gasteiger partial charge on any atom is -0.384 e. The molecule has 4 heterocycles. The molecule has 0 aliphatic rings. The highest BCUT2D eigenvalue weighted by Gasteiger charge is 2.24. The molecule has 0 aliphatic carbocycles. The number of aliphatic hydroxyl groups is 1. The second-order valence-corrected chi connectivity index (χ2v) is 7.90. The Balaban J connectivity index is 1.87. The van der Waals surface area contributed by atoms with E-state index in [0.717, 1.165) is 39.7 Å². The summed E-state index contributed by atoms with van der Waals surface area (Å²) >= 11 is 0. The smallest absolute Gasteiger partial charge is 0.222 e. The maximum absolute atomic E-state index is 11.4. The summed E-state index contributed by atoms with van der Waals surface area (Å²) in [4.78, 5) is 24.9. The van der Waals surface area contributed by atoms with Gasteiger partial charge < -0.3 is 10.4 Å². The van der Waals surface area contributed by atoms with Gasteiger partial charge in [-0.2, -0.15) is 0 Å². The van der Waals surface area contributed by atoms with Gasteiger partial charge in [-0.25, -0.2) is 9.97 Å². The molecule has 154 valence electrons. The standard InChI is InChI=1S/C23H25N5O2/c1-5-6-23(4,30)20-9-14(2)18(13-25-20)17-10-16-12-26-21(27-15(3)29)11-19(16)28-8-7-24-22(17)28/h7-13,30H,5-6H2,1-4H3,(H,26,27,29)/t23-/m1/s1. The fourth-order valence-electron chi connectivity index (χ4n) is 3.89. The molecule has 0 saturated heterocycles. The highest BCUT2D eigenvalue weighted by Crippen LogP contribution is 2.33. The minimum atomic E-state index is -0.950. The maximum atomic E-state index is 11.4. The Morgan fingerprint density at radius 3 is 2.67 bits per heavy atom. The quantitative estimate of drug-likeness (QED) is 0.520. The van der Waals surface area contributed by atoms with E-state index in [2.05, 4.69) is 20.3 Å². The molecule has 4 rings (SSSR count). The van der Waals surface area contributed by atoms with Gasteiger partial charge in [0.05, 0.1) is 11.2 Å². The second kappa shape index (κ2) is 7.50. The number of aromatic nitrogens is 4. The van der Waals surface area contributed by atoms with Gasteiger partial charge in [0.25, 0.3) is 0 Å². The maximum Gasteiger partial charge on any atom is 0.222 e. The summed E-state index contributed by atoms with van der Waals surface area (Å²) in [7, 11) is 0. The van der Waals surface area contributed by atoms with Crippen molar-refractivity contribution in [1.82, 2.24) is 19.4 Å². The number of rotatable bonds is 5. The molecule has 0 radical (unpaired) electrons. The van der Waals surface area contributed by atoms with Crippen LogP contribution < -0.4 is 5.32 Å². The van der Waals surface area contributed by atoms with Gasteiger partial charge in [0.1, 0.15) is 17.1 Å². The van der Waals surface area contributed by atoms with E-state index in [4.69, 9.17) is 0 Å². The SMILES string of the molecule is CCC[C@@](C)(O)c1cc(C)c(-c2cc3cnc(NC(C)=O)cc3n3ccnc23)cn1. The second-order valence-electron chi connectivity index (χ2n) is 7.90. The van der Waals surface area contributed by atoms with Crippen molar-refractivity contribution in [2.24, 2.45) is 0 Å². The van der Waals surface area contributed by atoms with Crippen LogP contribution in [0.25, 0.3) is 27.7 Å². The van der Waals surface area contributed by atoms with Crippen LogP contribution in [0.5, 0.6) is 0 Å². The molecule has 0 aliphatic heterocycles. The third kappa shape index (κ3) is 3.52.